The Balaban J connectivity index is 1.81. The van der Waals surface area contributed by atoms with Crippen LogP contribution in [0.2, 0.25) is 0 Å². The van der Waals surface area contributed by atoms with Gasteiger partial charge in [0, 0.05) is 4.47 Å². The number of hydrogen-bond acceptors (Lipinski definition) is 6. The number of esters is 1. The number of rotatable bonds is 8. The summed E-state index contributed by atoms with van der Waals surface area (Å²) in [5.41, 5.74) is 3.29. The molecule has 1 fully saturated rings. The average Bonchev–Trinajstić information content (AvgIpc) is 3.26. The second-order valence-electron chi connectivity index (χ2n) is 7.14. The number of sulfonamides is 1. The molecule has 0 bridgehead atoms. The average molecular weight is 522 g/mol. The normalized spacial score (nSPS) is 17.2. The predicted molar refractivity (Wildman–Crippen MR) is 125 cm³/mol. The van der Waals surface area contributed by atoms with Gasteiger partial charge in [-0.2, -0.15) is 5.10 Å². The number of anilines is 1. The lowest BCUT2D eigenvalue weighted by atomic mass is 10.1. The van der Waals surface area contributed by atoms with Crippen LogP contribution in [-0.2, 0) is 24.3 Å². The minimum Gasteiger partial charge on any atom is -0.465 e. The maximum Gasteiger partial charge on any atom is 0.314 e. The number of halogens is 1. The standard InChI is InChI=1S/C22H24BrN3O5S/c1-2-31-22(28)19-9-6-10-20(19)24-25-21(27)15-26(17-13-11-16(23)12-14-17)32(29,30)18-7-4-3-5-8-18/h3-5,7-8,11-14,19H,2,6,9-10,15H2,1H3,(H,25,27)/b24-20-/t19-/m0/s1. The van der Waals surface area contributed by atoms with E-state index < -0.39 is 28.4 Å². The Kier molecular flexibility index (Phi) is 8.03. The fraction of sp³-hybridized carbons (Fsp3) is 0.318. The number of benzene rings is 2. The summed E-state index contributed by atoms with van der Waals surface area (Å²) in [4.78, 5) is 24.8. The van der Waals surface area contributed by atoms with Crippen molar-refractivity contribution in [3.8, 4) is 0 Å². The van der Waals surface area contributed by atoms with E-state index in [1.54, 1.807) is 49.4 Å². The van der Waals surface area contributed by atoms with Crippen LogP contribution >= 0.6 is 15.9 Å². The summed E-state index contributed by atoms with van der Waals surface area (Å²) in [6.45, 7) is 1.53. The van der Waals surface area contributed by atoms with Gasteiger partial charge in [0.1, 0.15) is 6.54 Å². The third kappa shape index (κ3) is 5.74. The van der Waals surface area contributed by atoms with Crippen molar-refractivity contribution in [1.29, 1.82) is 0 Å². The van der Waals surface area contributed by atoms with Gasteiger partial charge in [0.2, 0.25) is 0 Å². The Morgan fingerprint density at radius 1 is 1.16 bits per heavy atom. The van der Waals surface area contributed by atoms with E-state index >= 15 is 0 Å². The van der Waals surface area contributed by atoms with Crippen LogP contribution in [0, 0.1) is 5.92 Å². The van der Waals surface area contributed by atoms with Crippen LogP contribution in [0.3, 0.4) is 0 Å². The van der Waals surface area contributed by atoms with Gasteiger partial charge in [-0.1, -0.05) is 34.1 Å². The van der Waals surface area contributed by atoms with Gasteiger partial charge in [-0.25, -0.2) is 13.8 Å². The van der Waals surface area contributed by atoms with Crippen LogP contribution in [0.15, 0.2) is 69.1 Å². The smallest absolute Gasteiger partial charge is 0.314 e. The Bertz CT molecular complexity index is 1090. The molecule has 10 heteroatoms. The number of carbonyl (C=O) groups is 2. The molecule has 0 radical (unpaired) electrons. The molecule has 0 heterocycles. The number of carbonyl (C=O) groups excluding carboxylic acids is 2. The van der Waals surface area contributed by atoms with Gasteiger partial charge in [0.25, 0.3) is 15.9 Å². The van der Waals surface area contributed by atoms with Crippen molar-refractivity contribution in [2.45, 2.75) is 31.1 Å². The van der Waals surface area contributed by atoms with Gasteiger partial charge >= 0.3 is 5.97 Å². The minimum atomic E-state index is -4.00. The first-order valence-electron chi connectivity index (χ1n) is 10.2. The van der Waals surface area contributed by atoms with Gasteiger partial charge in [-0.3, -0.25) is 13.9 Å². The molecule has 1 atom stereocenters. The van der Waals surface area contributed by atoms with E-state index in [0.29, 0.717) is 24.2 Å². The number of hydrogen-bond donors (Lipinski definition) is 1. The SMILES string of the molecule is CCOC(=O)[C@H]1CCC/C1=N/NC(=O)CN(c1ccc(Br)cc1)S(=O)(=O)c1ccccc1. The van der Waals surface area contributed by atoms with Gasteiger partial charge < -0.3 is 4.74 Å². The van der Waals surface area contributed by atoms with Crippen molar-refractivity contribution in [1.82, 2.24) is 5.43 Å². The van der Waals surface area contributed by atoms with Crippen LogP contribution in [0.5, 0.6) is 0 Å². The zero-order valence-corrected chi connectivity index (χ0v) is 19.9. The van der Waals surface area contributed by atoms with Crippen LogP contribution in [0.4, 0.5) is 5.69 Å². The number of nitrogens with zero attached hydrogens (tertiary/aromatic N) is 2. The molecular weight excluding hydrogens is 498 g/mol. The highest BCUT2D eigenvalue weighted by molar-refractivity contribution is 9.10. The lowest BCUT2D eigenvalue weighted by Gasteiger charge is -2.23. The van der Waals surface area contributed by atoms with E-state index in [1.165, 1.54) is 12.1 Å². The van der Waals surface area contributed by atoms with Crippen LogP contribution in [-0.4, -0.2) is 39.2 Å². The molecule has 2 aromatic carbocycles. The highest BCUT2D eigenvalue weighted by atomic mass is 79.9. The van der Waals surface area contributed by atoms with Crippen molar-refractivity contribution in [3.05, 3.63) is 59.1 Å². The summed E-state index contributed by atoms with van der Waals surface area (Å²) in [5, 5.41) is 4.11. The maximum atomic E-state index is 13.3. The molecule has 170 valence electrons. The summed E-state index contributed by atoms with van der Waals surface area (Å²) in [7, 11) is -4.00. The first-order chi connectivity index (χ1) is 15.3. The van der Waals surface area contributed by atoms with Crippen LogP contribution in [0.1, 0.15) is 26.2 Å². The zero-order chi connectivity index (χ0) is 23.1. The monoisotopic (exact) mass is 521 g/mol. The Hall–Kier alpha value is -2.72. The molecule has 1 aliphatic rings. The molecule has 0 aromatic heterocycles. The second-order valence-corrected chi connectivity index (χ2v) is 9.91. The molecule has 0 spiro atoms. The fourth-order valence-corrected chi connectivity index (χ4v) is 5.11. The first-order valence-corrected chi connectivity index (χ1v) is 12.4. The molecule has 32 heavy (non-hydrogen) atoms. The van der Waals surface area contributed by atoms with E-state index in [-0.39, 0.29) is 17.5 Å². The summed E-state index contributed by atoms with van der Waals surface area (Å²) < 4.78 is 33.4. The molecule has 8 nitrogen and oxygen atoms in total. The number of amides is 1. The summed E-state index contributed by atoms with van der Waals surface area (Å²) in [6.07, 6.45) is 1.95. The van der Waals surface area contributed by atoms with E-state index in [1.807, 2.05) is 0 Å². The van der Waals surface area contributed by atoms with Gasteiger partial charge in [0.15, 0.2) is 0 Å². The number of ether oxygens (including phenoxy) is 1. The van der Waals surface area contributed by atoms with E-state index in [4.69, 9.17) is 4.74 Å². The van der Waals surface area contributed by atoms with Gasteiger partial charge in [-0.05, 0) is 62.6 Å². The number of hydrazone groups is 1. The van der Waals surface area contributed by atoms with Crippen molar-refractivity contribution in [2.24, 2.45) is 11.0 Å². The van der Waals surface area contributed by atoms with Crippen molar-refractivity contribution in [3.63, 3.8) is 0 Å². The first kappa shape index (κ1) is 23.9. The van der Waals surface area contributed by atoms with Crippen molar-refractivity contribution in [2.75, 3.05) is 17.5 Å². The lowest BCUT2D eigenvalue weighted by Crippen LogP contribution is -2.40. The largest absolute Gasteiger partial charge is 0.465 e. The molecule has 2 aromatic rings. The predicted octanol–water partition coefficient (Wildman–Crippen LogP) is 3.48. The summed E-state index contributed by atoms with van der Waals surface area (Å²) in [6, 6.07) is 14.5. The number of nitrogens with one attached hydrogen (secondary N) is 1. The maximum absolute atomic E-state index is 13.3. The van der Waals surface area contributed by atoms with E-state index in [9.17, 15) is 18.0 Å². The Labute approximate surface area is 195 Å². The van der Waals surface area contributed by atoms with E-state index in [0.717, 1.165) is 15.2 Å². The topological polar surface area (TPSA) is 105 Å². The van der Waals surface area contributed by atoms with Gasteiger partial charge in [0.05, 0.1) is 28.8 Å². The zero-order valence-electron chi connectivity index (χ0n) is 17.5. The summed E-state index contributed by atoms with van der Waals surface area (Å²) in [5.74, 6) is -1.46. The van der Waals surface area contributed by atoms with Crippen LogP contribution in [0.25, 0.3) is 0 Å². The molecule has 1 amide bonds. The molecule has 1 N–H and O–H groups in total. The quantitative estimate of drug-likeness (QED) is 0.422. The molecule has 3 rings (SSSR count). The van der Waals surface area contributed by atoms with Gasteiger partial charge in [-0.15, -0.1) is 0 Å². The Morgan fingerprint density at radius 3 is 2.50 bits per heavy atom. The second kappa shape index (κ2) is 10.7. The molecule has 0 saturated heterocycles. The van der Waals surface area contributed by atoms with Crippen molar-refractivity contribution < 1.29 is 22.7 Å². The third-order valence-corrected chi connectivity index (χ3v) is 7.27. The molecule has 1 saturated carbocycles. The molecule has 1 aliphatic carbocycles. The van der Waals surface area contributed by atoms with Crippen molar-refractivity contribution >= 4 is 49.2 Å². The highest BCUT2D eigenvalue weighted by Crippen LogP contribution is 2.26. The molecule has 0 unspecified atom stereocenters. The summed E-state index contributed by atoms with van der Waals surface area (Å²) >= 11 is 3.33. The fourth-order valence-electron chi connectivity index (χ4n) is 3.40. The minimum absolute atomic E-state index is 0.0696. The molecule has 0 aliphatic heterocycles. The Morgan fingerprint density at radius 2 is 1.84 bits per heavy atom. The van der Waals surface area contributed by atoms with E-state index in [2.05, 4.69) is 26.5 Å². The lowest BCUT2D eigenvalue weighted by molar-refractivity contribution is -0.145. The third-order valence-electron chi connectivity index (χ3n) is 4.96. The highest BCUT2D eigenvalue weighted by Gasteiger charge is 2.31. The van der Waals surface area contributed by atoms with Crippen LogP contribution < -0.4 is 9.73 Å². The molecular formula is C22H24BrN3O5S.